The number of benzene rings is 1. The van der Waals surface area contributed by atoms with Crippen LogP contribution in [0.1, 0.15) is 25.3 Å². The number of hydrogen-bond donors (Lipinski definition) is 1. The predicted octanol–water partition coefficient (Wildman–Crippen LogP) is 2.65. The average molecular weight is 215 g/mol. The molecule has 1 saturated heterocycles. The Morgan fingerprint density at radius 2 is 2.38 bits per heavy atom. The van der Waals surface area contributed by atoms with Gasteiger partial charge in [-0.05, 0) is 38.0 Å². The van der Waals surface area contributed by atoms with E-state index in [0.717, 1.165) is 30.6 Å². The number of anilines is 1. The fraction of sp³-hybridized carbons (Fsp3) is 0.429. The van der Waals surface area contributed by atoms with E-state index in [2.05, 4.69) is 18.2 Å². The van der Waals surface area contributed by atoms with Crippen molar-refractivity contribution in [1.29, 1.82) is 0 Å². The molecule has 2 nitrogen and oxygen atoms in total. The van der Waals surface area contributed by atoms with Crippen molar-refractivity contribution in [2.75, 3.05) is 11.9 Å². The van der Waals surface area contributed by atoms with Crippen molar-refractivity contribution < 1.29 is 4.74 Å². The minimum absolute atomic E-state index is 0.337. The zero-order valence-electron chi connectivity index (χ0n) is 9.57. The fourth-order valence-corrected chi connectivity index (χ4v) is 1.99. The third kappa shape index (κ3) is 2.77. The van der Waals surface area contributed by atoms with Crippen LogP contribution in [0.15, 0.2) is 24.3 Å². The second-order valence-corrected chi connectivity index (χ2v) is 4.25. The van der Waals surface area contributed by atoms with Gasteiger partial charge in [-0.15, -0.1) is 6.42 Å². The average Bonchev–Trinajstić information content (AvgIpc) is 2.73. The predicted molar refractivity (Wildman–Crippen MR) is 66.4 cm³/mol. The number of nitrogens with one attached hydrogen (secondary N) is 1. The van der Waals surface area contributed by atoms with Gasteiger partial charge in [0.1, 0.15) is 0 Å². The molecule has 0 bridgehead atoms. The van der Waals surface area contributed by atoms with Crippen molar-refractivity contribution in [2.24, 2.45) is 0 Å². The number of terminal acetylenes is 1. The summed E-state index contributed by atoms with van der Waals surface area (Å²) in [5.74, 6) is 2.63. The van der Waals surface area contributed by atoms with Gasteiger partial charge >= 0.3 is 0 Å². The van der Waals surface area contributed by atoms with Gasteiger partial charge in [-0.25, -0.2) is 0 Å². The molecule has 1 aliphatic heterocycles. The van der Waals surface area contributed by atoms with Crippen LogP contribution in [-0.2, 0) is 4.74 Å². The molecule has 2 atom stereocenters. The van der Waals surface area contributed by atoms with E-state index in [4.69, 9.17) is 11.2 Å². The van der Waals surface area contributed by atoms with Crippen LogP contribution in [0.5, 0.6) is 0 Å². The van der Waals surface area contributed by atoms with Gasteiger partial charge in [-0.2, -0.15) is 0 Å². The van der Waals surface area contributed by atoms with Crippen molar-refractivity contribution >= 4 is 5.69 Å². The van der Waals surface area contributed by atoms with Crippen molar-refractivity contribution in [2.45, 2.75) is 32.0 Å². The lowest BCUT2D eigenvalue weighted by Crippen LogP contribution is -2.19. The minimum atomic E-state index is 0.337. The first-order chi connectivity index (χ1) is 7.78. The van der Waals surface area contributed by atoms with Crippen LogP contribution in [0.4, 0.5) is 5.69 Å². The Labute approximate surface area is 97.0 Å². The van der Waals surface area contributed by atoms with Gasteiger partial charge < -0.3 is 10.1 Å². The van der Waals surface area contributed by atoms with E-state index in [-0.39, 0.29) is 0 Å². The summed E-state index contributed by atoms with van der Waals surface area (Å²) in [7, 11) is 0. The van der Waals surface area contributed by atoms with Gasteiger partial charge in [-0.1, -0.05) is 12.0 Å². The van der Waals surface area contributed by atoms with E-state index < -0.39 is 0 Å². The normalized spacial score (nSPS) is 24.0. The highest BCUT2D eigenvalue weighted by molar-refractivity contribution is 5.49. The van der Waals surface area contributed by atoms with Gasteiger partial charge in [0.05, 0.1) is 12.2 Å². The lowest BCUT2D eigenvalue weighted by Gasteiger charge is -2.13. The molecule has 0 amide bonds. The quantitative estimate of drug-likeness (QED) is 0.783. The lowest BCUT2D eigenvalue weighted by molar-refractivity contribution is 0.0637. The van der Waals surface area contributed by atoms with Crippen LogP contribution in [0.25, 0.3) is 0 Å². The summed E-state index contributed by atoms with van der Waals surface area (Å²) < 4.78 is 5.74. The molecular formula is C14H17NO. The Balaban J connectivity index is 1.87. The Morgan fingerprint density at radius 1 is 1.50 bits per heavy atom. The summed E-state index contributed by atoms with van der Waals surface area (Å²) in [6.07, 6.45) is 8.40. The summed E-state index contributed by atoms with van der Waals surface area (Å²) in [4.78, 5) is 0. The molecule has 1 aromatic carbocycles. The first-order valence-electron chi connectivity index (χ1n) is 5.74. The fourth-order valence-electron chi connectivity index (χ4n) is 1.99. The van der Waals surface area contributed by atoms with Gasteiger partial charge in [0.2, 0.25) is 0 Å². The van der Waals surface area contributed by atoms with E-state index in [1.165, 1.54) is 0 Å². The zero-order chi connectivity index (χ0) is 11.4. The monoisotopic (exact) mass is 215 g/mol. The van der Waals surface area contributed by atoms with Crippen LogP contribution in [0.2, 0.25) is 0 Å². The molecule has 1 aromatic rings. The highest BCUT2D eigenvalue weighted by atomic mass is 16.5. The largest absolute Gasteiger partial charge is 0.382 e. The third-order valence-corrected chi connectivity index (χ3v) is 2.88. The minimum Gasteiger partial charge on any atom is -0.382 e. The number of rotatable bonds is 3. The van der Waals surface area contributed by atoms with E-state index in [1.807, 2.05) is 24.3 Å². The molecule has 1 heterocycles. The molecule has 16 heavy (non-hydrogen) atoms. The summed E-state index contributed by atoms with van der Waals surface area (Å²) in [6.45, 7) is 2.98. The Kier molecular flexibility index (Phi) is 3.48. The summed E-state index contributed by atoms with van der Waals surface area (Å²) >= 11 is 0. The van der Waals surface area contributed by atoms with Crippen LogP contribution in [0.3, 0.4) is 0 Å². The third-order valence-electron chi connectivity index (χ3n) is 2.88. The second-order valence-electron chi connectivity index (χ2n) is 4.25. The molecule has 2 rings (SSSR count). The molecule has 1 fully saturated rings. The van der Waals surface area contributed by atoms with Crippen LogP contribution >= 0.6 is 0 Å². The van der Waals surface area contributed by atoms with Gasteiger partial charge in [-0.3, -0.25) is 0 Å². The Hall–Kier alpha value is -1.46. The standard InChI is InChI=1S/C14H17NO/c1-3-12-5-4-6-13(9-12)15-10-14-8-7-11(2)16-14/h1,4-6,9,11,14-15H,7-8,10H2,2H3. The lowest BCUT2D eigenvalue weighted by atomic mass is 10.2. The van der Waals surface area contributed by atoms with Gasteiger partial charge in [0.25, 0.3) is 0 Å². The van der Waals surface area contributed by atoms with Crippen LogP contribution in [-0.4, -0.2) is 18.8 Å². The van der Waals surface area contributed by atoms with E-state index in [9.17, 15) is 0 Å². The van der Waals surface area contributed by atoms with Crippen molar-refractivity contribution in [1.82, 2.24) is 0 Å². The van der Waals surface area contributed by atoms with Crippen molar-refractivity contribution in [3.8, 4) is 12.3 Å². The molecular weight excluding hydrogens is 198 g/mol. The van der Waals surface area contributed by atoms with Gasteiger partial charge in [0, 0.05) is 17.8 Å². The maximum Gasteiger partial charge on any atom is 0.0751 e. The summed E-state index contributed by atoms with van der Waals surface area (Å²) in [5, 5.41) is 3.36. The van der Waals surface area contributed by atoms with E-state index >= 15 is 0 Å². The summed E-state index contributed by atoms with van der Waals surface area (Å²) in [6, 6.07) is 7.91. The molecule has 2 heteroatoms. The Morgan fingerprint density at radius 3 is 3.06 bits per heavy atom. The molecule has 1 N–H and O–H groups in total. The Bertz CT molecular complexity index is 394. The van der Waals surface area contributed by atoms with Crippen molar-refractivity contribution in [3.05, 3.63) is 29.8 Å². The van der Waals surface area contributed by atoms with Crippen LogP contribution < -0.4 is 5.32 Å². The maximum atomic E-state index is 5.74. The first-order valence-corrected chi connectivity index (χ1v) is 5.74. The maximum absolute atomic E-state index is 5.74. The highest BCUT2D eigenvalue weighted by Gasteiger charge is 2.21. The molecule has 0 spiro atoms. The summed E-state index contributed by atoms with van der Waals surface area (Å²) in [5.41, 5.74) is 1.98. The first kappa shape index (κ1) is 11.0. The molecule has 2 unspecified atom stereocenters. The molecule has 0 aliphatic carbocycles. The second kappa shape index (κ2) is 5.05. The molecule has 84 valence electrons. The number of ether oxygens (including phenoxy) is 1. The molecule has 0 radical (unpaired) electrons. The highest BCUT2D eigenvalue weighted by Crippen LogP contribution is 2.19. The molecule has 0 aromatic heterocycles. The van der Waals surface area contributed by atoms with Crippen LogP contribution in [0, 0.1) is 12.3 Å². The number of hydrogen-bond acceptors (Lipinski definition) is 2. The molecule has 0 saturated carbocycles. The molecule has 1 aliphatic rings. The van der Waals surface area contributed by atoms with E-state index in [1.54, 1.807) is 0 Å². The van der Waals surface area contributed by atoms with Gasteiger partial charge in [0.15, 0.2) is 0 Å². The van der Waals surface area contributed by atoms with Crippen molar-refractivity contribution in [3.63, 3.8) is 0 Å². The SMILES string of the molecule is C#Cc1cccc(NCC2CCC(C)O2)c1. The topological polar surface area (TPSA) is 21.3 Å². The smallest absolute Gasteiger partial charge is 0.0751 e. The zero-order valence-corrected chi connectivity index (χ0v) is 9.57. The van der Waals surface area contributed by atoms with E-state index in [0.29, 0.717) is 12.2 Å².